The Labute approximate surface area is 133 Å². The van der Waals surface area contributed by atoms with Crippen molar-refractivity contribution < 1.29 is 4.74 Å². The van der Waals surface area contributed by atoms with Crippen LogP contribution in [0.5, 0.6) is 5.75 Å². The van der Waals surface area contributed by atoms with Crippen LogP contribution in [-0.2, 0) is 0 Å². The van der Waals surface area contributed by atoms with E-state index >= 15 is 0 Å². The summed E-state index contributed by atoms with van der Waals surface area (Å²) in [7, 11) is 1.64. The van der Waals surface area contributed by atoms with E-state index in [1.54, 1.807) is 7.11 Å². The monoisotopic (exact) mass is 310 g/mol. The lowest BCUT2D eigenvalue weighted by atomic mass is 10.0. The van der Waals surface area contributed by atoms with Crippen LogP contribution in [0.25, 0.3) is 0 Å². The first-order valence-corrected chi connectivity index (χ1v) is 8.23. The predicted octanol–water partition coefficient (Wildman–Crippen LogP) is 3.86. The zero-order chi connectivity index (χ0) is 15.4. The summed E-state index contributed by atoms with van der Waals surface area (Å²) >= 11 is 6.27. The van der Waals surface area contributed by atoms with Crippen LogP contribution in [0.3, 0.4) is 0 Å². The molecule has 0 heterocycles. The maximum atomic E-state index is 6.27. The van der Waals surface area contributed by atoms with Crippen LogP contribution in [-0.4, -0.2) is 31.1 Å². The van der Waals surface area contributed by atoms with E-state index in [-0.39, 0.29) is 6.04 Å². The number of hydrogen-bond acceptors (Lipinski definition) is 3. The van der Waals surface area contributed by atoms with Crippen LogP contribution in [0.2, 0.25) is 5.02 Å². The molecule has 0 saturated heterocycles. The van der Waals surface area contributed by atoms with Crippen molar-refractivity contribution in [2.75, 3.05) is 20.2 Å². The molecule has 1 aromatic rings. The number of halogens is 1. The van der Waals surface area contributed by atoms with Gasteiger partial charge in [-0.15, -0.1) is 0 Å². The summed E-state index contributed by atoms with van der Waals surface area (Å²) in [6, 6.07) is 6.97. The minimum Gasteiger partial charge on any atom is -0.495 e. The molecule has 0 aliphatic heterocycles. The molecule has 0 bridgehead atoms. The summed E-state index contributed by atoms with van der Waals surface area (Å²) in [4.78, 5) is 2.57. The van der Waals surface area contributed by atoms with E-state index in [2.05, 4.69) is 24.8 Å². The van der Waals surface area contributed by atoms with Crippen molar-refractivity contribution in [1.29, 1.82) is 0 Å². The normalized spacial score (nSPS) is 16.5. The van der Waals surface area contributed by atoms with Gasteiger partial charge in [0.05, 0.1) is 12.1 Å². The Balaban J connectivity index is 2.17. The second kappa shape index (κ2) is 7.48. The fourth-order valence-corrected chi connectivity index (χ4v) is 3.03. The Kier molecular flexibility index (Phi) is 5.91. The zero-order valence-electron chi connectivity index (χ0n) is 13.3. The Hall–Kier alpha value is -0.770. The fraction of sp³-hybridized carbons (Fsp3) is 0.647. The summed E-state index contributed by atoms with van der Waals surface area (Å²) in [5, 5.41) is 0.660. The van der Waals surface area contributed by atoms with E-state index < -0.39 is 0 Å². The first-order valence-electron chi connectivity index (χ1n) is 7.86. The van der Waals surface area contributed by atoms with Gasteiger partial charge in [-0.05, 0) is 49.4 Å². The Bertz CT molecular complexity index is 460. The summed E-state index contributed by atoms with van der Waals surface area (Å²) in [6.45, 7) is 6.27. The molecule has 1 aliphatic carbocycles. The largest absolute Gasteiger partial charge is 0.495 e. The molecule has 3 nitrogen and oxygen atoms in total. The van der Waals surface area contributed by atoms with Crippen molar-refractivity contribution in [3.8, 4) is 5.75 Å². The number of rotatable bonds is 8. The molecule has 21 heavy (non-hydrogen) atoms. The van der Waals surface area contributed by atoms with Crippen molar-refractivity contribution in [3.63, 3.8) is 0 Å². The Morgan fingerprint density at radius 3 is 2.57 bits per heavy atom. The van der Waals surface area contributed by atoms with Crippen molar-refractivity contribution in [3.05, 3.63) is 28.8 Å². The van der Waals surface area contributed by atoms with Gasteiger partial charge in [0.2, 0.25) is 0 Å². The minimum absolute atomic E-state index is 0.250. The molecule has 1 atom stereocenters. The van der Waals surface area contributed by atoms with Gasteiger partial charge < -0.3 is 10.5 Å². The van der Waals surface area contributed by atoms with Crippen LogP contribution in [0.4, 0.5) is 0 Å². The molecule has 0 aromatic heterocycles. The second-order valence-electron chi connectivity index (χ2n) is 6.30. The molecule has 1 unspecified atom stereocenters. The van der Waals surface area contributed by atoms with Crippen LogP contribution in [0.15, 0.2) is 18.2 Å². The van der Waals surface area contributed by atoms with Crippen molar-refractivity contribution in [2.24, 2.45) is 11.7 Å². The molecule has 1 fully saturated rings. The molecule has 2 rings (SSSR count). The minimum atomic E-state index is 0.250. The van der Waals surface area contributed by atoms with Crippen molar-refractivity contribution in [1.82, 2.24) is 4.90 Å². The van der Waals surface area contributed by atoms with E-state index in [4.69, 9.17) is 22.1 Å². The fourth-order valence-electron chi connectivity index (χ4n) is 2.76. The second-order valence-corrected chi connectivity index (χ2v) is 6.70. The maximum Gasteiger partial charge on any atom is 0.137 e. The van der Waals surface area contributed by atoms with Crippen LogP contribution < -0.4 is 10.5 Å². The molecule has 1 aromatic carbocycles. The molecular formula is C17H27ClN2O. The lowest BCUT2D eigenvalue weighted by Crippen LogP contribution is -2.36. The van der Waals surface area contributed by atoms with Gasteiger partial charge in [-0.25, -0.2) is 0 Å². The highest BCUT2D eigenvalue weighted by Gasteiger charge is 2.34. The van der Waals surface area contributed by atoms with Gasteiger partial charge in [-0.2, -0.15) is 0 Å². The average Bonchev–Trinajstić information content (AvgIpc) is 3.27. The molecule has 4 heteroatoms. The van der Waals surface area contributed by atoms with Gasteiger partial charge in [0.25, 0.3) is 0 Å². The number of nitrogens with zero attached hydrogens (tertiary/aromatic N) is 1. The third-order valence-electron chi connectivity index (χ3n) is 4.16. The highest BCUT2D eigenvalue weighted by Crippen LogP contribution is 2.36. The summed E-state index contributed by atoms with van der Waals surface area (Å²) in [5.74, 6) is 1.43. The third-order valence-corrected chi connectivity index (χ3v) is 4.46. The van der Waals surface area contributed by atoms with E-state index in [1.807, 2.05) is 12.1 Å². The molecule has 0 radical (unpaired) electrons. The molecule has 118 valence electrons. The highest BCUT2D eigenvalue weighted by atomic mass is 35.5. The number of nitrogens with two attached hydrogens (primary N) is 1. The van der Waals surface area contributed by atoms with Gasteiger partial charge in [0, 0.05) is 18.6 Å². The van der Waals surface area contributed by atoms with E-state index in [0.29, 0.717) is 23.5 Å². The Morgan fingerprint density at radius 2 is 2.10 bits per heavy atom. The first kappa shape index (κ1) is 16.6. The molecule has 1 saturated carbocycles. The van der Waals surface area contributed by atoms with Gasteiger partial charge in [-0.1, -0.05) is 31.5 Å². The van der Waals surface area contributed by atoms with Crippen LogP contribution in [0.1, 0.15) is 44.7 Å². The smallest absolute Gasteiger partial charge is 0.137 e. The molecule has 0 amide bonds. The quantitative estimate of drug-likeness (QED) is 0.792. The lowest BCUT2D eigenvalue weighted by Gasteiger charge is -2.32. The summed E-state index contributed by atoms with van der Waals surface area (Å²) in [6.07, 6.45) is 3.79. The standard InChI is InChI=1S/C17H27ClN2O/c1-12(2)8-9-20(14-5-6-14)16(11-19)13-4-7-17(21-3)15(18)10-13/h4,7,10,12,14,16H,5-6,8-9,11,19H2,1-3H3. The number of hydrogen-bond donors (Lipinski definition) is 1. The van der Waals surface area contributed by atoms with Gasteiger partial charge in [-0.3, -0.25) is 4.90 Å². The summed E-state index contributed by atoms with van der Waals surface area (Å²) in [5.41, 5.74) is 7.28. The zero-order valence-corrected chi connectivity index (χ0v) is 14.1. The van der Waals surface area contributed by atoms with Gasteiger partial charge in [0.15, 0.2) is 0 Å². The van der Waals surface area contributed by atoms with Crippen molar-refractivity contribution in [2.45, 2.75) is 45.2 Å². The average molecular weight is 311 g/mol. The SMILES string of the molecule is COc1ccc(C(CN)N(CCC(C)C)C2CC2)cc1Cl. The lowest BCUT2D eigenvalue weighted by molar-refractivity contribution is 0.181. The molecule has 0 spiro atoms. The number of methoxy groups -OCH3 is 1. The number of benzene rings is 1. The third kappa shape index (κ3) is 4.35. The van der Waals surface area contributed by atoms with E-state index in [9.17, 15) is 0 Å². The Morgan fingerprint density at radius 1 is 1.38 bits per heavy atom. The van der Waals surface area contributed by atoms with Crippen molar-refractivity contribution >= 4 is 11.6 Å². The molecule has 1 aliphatic rings. The highest BCUT2D eigenvalue weighted by molar-refractivity contribution is 6.32. The molecular weight excluding hydrogens is 284 g/mol. The summed E-state index contributed by atoms with van der Waals surface area (Å²) < 4.78 is 5.24. The molecule has 2 N–H and O–H groups in total. The van der Waals surface area contributed by atoms with Gasteiger partial charge in [0.1, 0.15) is 5.75 Å². The topological polar surface area (TPSA) is 38.5 Å². The van der Waals surface area contributed by atoms with E-state index in [0.717, 1.165) is 12.3 Å². The van der Waals surface area contributed by atoms with E-state index in [1.165, 1.54) is 24.8 Å². The van der Waals surface area contributed by atoms with Gasteiger partial charge >= 0.3 is 0 Å². The van der Waals surface area contributed by atoms with Crippen LogP contribution >= 0.6 is 11.6 Å². The predicted molar refractivity (Wildman–Crippen MR) is 89.0 cm³/mol. The first-order chi connectivity index (χ1) is 10.1. The van der Waals surface area contributed by atoms with Crippen LogP contribution in [0, 0.1) is 5.92 Å². The maximum absolute atomic E-state index is 6.27. The number of ether oxygens (including phenoxy) is 1.